The molecule has 0 bridgehead atoms. The molecule has 3 aromatic rings. The normalized spacial score (nSPS) is 13.6. The van der Waals surface area contributed by atoms with Gasteiger partial charge in [-0.3, -0.25) is 0 Å². The number of nitrogens with zero attached hydrogens (tertiary/aromatic N) is 5. The lowest BCUT2D eigenvalue weighted by atomic mass is 10.2. The molecular weight excluding hydrogens is 354 g/mol. The van der Waals surface area contributed by atoms with E-state index in [1.54, 1.807) is 12.1 Å². The summed E-state index contributed by atoms with van der Waals surface area (Å²) in [5.74, 6) is 0.929. The highest BCUT2D eigenvalue weighted by molar-refractivity contribution is 5.73. The summed E-state index contributed by atoms with van der Waals surface area (Å²) in [6, 6.07) is 17.3. The maximum absolute atomic E-state index is 9.03. The van der Waals surface area contributed by atoms with Crippen LogP contribution in [0.5, 0.6) is 0 Å². The Morgan fingerprint density at radius 3 is 2.75 bits per heavy atom. The second kappa shape index (κ2) is 8.33. The molecule has 0 amide bonds. The Balaban J connectivity index is 1.53. The Hall–Kier alpha value is -3.70. The zero-order chi connectivity index (χ0) is 19.2. The Kier molecular flexibility index (Phi) is 5.26. The van der Waals surface area contributed by atoms with Crippen LogP contribution < -0.4 is 15.5 Å². The van der Waals surface area contributed by atoms with E-state index in [1.165, 1.54) is 6.20 Å². The van der Waals surface area contributed by atoms with E-state index in [0.29, 0.717) is 30.5 Å². The lowest BCUT2D eigenvalue weighted by molar-refractivity contribution is 0.123. The largest absolute Gasteiger partial charge is 0.378 e. The van der Waals surface area contributed by atoms with Crippen molar-refractivity contribution in [1.29, 1.82) is 5.26 Å². The first-order chi connectivity index (χ1) is 13.8. The third-order valence-electron chi connectivity index (χ3n) is 4.33. The lowest BCUT2D eigenvalue weighted by Gasteiger charge is -2.30. The van der Waals surface area contributed by atoms with Gasteiger partial charge in [-0.15, -0.1) is 5.10 Å². The minimum Gasteiger partial charge on any atom is -0.378 e. The summed E-state index contributed by atoms with van der Waals surface area (Å²) < 4.78 is 5.44. The molecule has 0 radical (unpaired) electrons. The predicted molar refractivity (Wildman–Crippen MR) is 107 cm³/mol. The number of morpholine rings is 1. The minimum absolute atomic E-state index is 0.391. The molecule has 2 aromatic carbocycles. The highest BCUT2D eigenvalue weighted by atomic mass is 16.5. The second-order valence-electron chi connectivity index (χ2n) is 6.22. The molecule has 1 fully saturated rings. The van der Waals surface area contributed by atoms with Crippen LogP contribution in [-0.4, -0.2) is 41.5 Å². The van der Waals surface area contributed by atoms with E-state index < -0.39 is 0 Å². The van der Waals surface area contributed by atoms with Crippen LogP contribution in [0.4, 0.5) is 28.8 Å². The molecule has 0 saturated carbocycles. The number of anilines is 5. The summed E-state index contributed by atoms with van der Waals surface area (Å²) in [5.41, 5.74) is 3.33. The van der Waals surface area contributed by atoms with E-state index in [-0.39, 0.29) is 0 Å². The number of aromatic nitrogens is 3. The fraction of sp³-hybridized carbons (Fsp3) is 0.200. The van der Waals surface area contributed by atoms with Crippen LogP contribution in [0.1, 0.15) is 5.56 Å². The Labute approximate surface area is 162 Å². The summed E-state index contributed by atoms with van der Waals surface area (Å²) in [6.45, 7) is 3.12. The Morgan fingerprint density at radius 1 is 1.04 bits per heavy atom. The summed E-state index contributed by atoms with van der Waals surface area (Å²) in [7, 11) is 0. The van der Waals surface area contributed by atoms with Gasteiger partial charge >= 0.3 is 0 Å². The second-order valence-corrected chi connectivity index (χ2v) is 6.22. The summed E-state index contributed by atoms with van der Waals surface area (Å²) in [6.07, 6.45) is 1.54. The molecule has 1 aliphatic heterocycles. The van der Waals surface area contributed by atoms with Crippen LogP contribution in [-0.2, 0) is 4.74 Å². The van der Waals surface area contributed by atoms with Crippen molar-refractivity contribution in [3.63, 3.8) is 0 Å². The summed E-state index contributed by atoms with van der Waals surface area (Å²) in [4.78, 5) is 6.76. The molecule has 4 rings (SSSR count). The van der Waals surface area contributed by atoms with Gasteiger partial charge in [0, 0.05) is 18.8 Å². The number of benzene rings is 2. The Morgan fingerprint density at radius 2 is 1.89 bits per heavy atom. The van der Waals surface area contributed by atoms with Crippen LogP contribution in [0.2, 0.25) is 0 Å². The zero-order valence-corrected chi connectivity index (χ0v) is 15.2. The van der Waals surface area contributed by atoms with Crippen molar-refractivity contribution < 1.29 is 4.74 Å². The molecule has 2 heterocycles. The SMILES string of the molecule is N#Cc1cccc(Nc2cnnc(Nc3ccccc3N3CCOCC3)n2)c1. The van der Waals surface area contributed by atoms with Gasteiger partial charge in [0.2, 0.25) is 5.95 Å². The molecule has 8 nitrogen and oxygen atoms in total. The summed E-state index contributed by atoms with van der Waals surface area (Å²) in [5, 5.41) is 23.6. The molecule has 28 heavy (non-hydrogen) atoms. The number of hydrogen-bond donors (Lipinski definition) is 2. The van der Waals surface area contributed by atoms with E-state index in [9.17, 15) is 0 Å². The third-order valence-corrected chi connectivity index (χ3v) is 4.33. The van der Waals surface area contributed by atoms with Crippen molar-refractivity contribution in [2.45, 2.75) is 0 Å². The number of rotatable bonds is 5. The molecule has 140 valence electrons. The maximum atomic E-state index is 9.03. The van der Waals surface area contributed by atoms with Gasteiger partial charge in [0.25, 0.3) is 0 Å². The predicted octanol–water partition coefficient (Wildman–Crippen LogP) is 3.07. The standard InChI is InChI=1S/C20H19N7O/c21-13-15-4-3-5-16(12-15)23-19-14-22-26-20(25-19)24-17-6-1-2-7-18(17)27-8-10-28-11-9-27/h1-7,12,14H,8-11H2,(H2,23,24,25,26). The molecular formula is C20H19N7O. The highest BCUT2D eigenvalue weighted by Gasteiger charge is 2.15. The molecule has 0 atom stereocenters. The van der Waals surface area contributed by atoms with Crippen LogP contribution in [0.15, 0.2) is 54.7 Å². The van der Waals surface area contributed by atoms with Gasteiger partial charge in [-0.2, -0.15) is 15.3 Å². The maximum Gasteiger partial charge on any atom is 0.249 e. The zero-order valence-electron chi connectivity index (χ0n) is 15.2. The van der Waals surface area contributed by atoms with Gasteiger partial charge in [0.15, 0.2) is 5.82 Å². The highest BCUT2D eigenvalue weighted by Crippen LogP contribution is 2.28. The fourth-order valence-electron chi connectivity index (χ4n) is 3.01. The average Bonchev–Trinajstić information content (AvgIpc) is 2.75. The fourth-order valence-corrected chi connectivity index (χ4v) is 3.01. The van der Waals surface area contributed by atoms with Crippen molar-refractivity contribution in [3.05, 3.63) is 60.3 Å². The number of nitrogens with one attached hydrogen (secondary N) is 2. The van der Waals surface area contributed by atoms with E-state index in [1.807, 2.05) is 30.3 Å². The van der Waals surface area contributed by atoms with Gasteiger partial charge in [0.1, 0.15) is 0 Å². The molecule has 2 N–H and O–H groups in total. The molecule has 1 saturated heterocycles. The van der Waals surface area contributed by atoms with Gasteiger partial charge in [-0.1, -0.05) is 18.2 Å². The number of nitriles is 1. The van der Waals surface area contributed by atoms with Crippen LogP contribution >= 0.6 is 0 Å². The quantitative estimate of drug-likeness (QED) is 0.704. The van der Waals surface area contributed by atoms with Gasteiger partial charge in [0.05, 0.1) is 42.4 Å². The van der Waals surface area contributed by atoms with Crippen molar-refractivity contribution in [3.8, 4) is 6.07 Å². The molecule has 8 heteroatoms. The van der Waals surface area contributed by atoms with Gasteiger partial charge < -0.3 is 20.3 Å². The van der Waals surface area contributed by atoms with Gasteiger partial charge in [-0.25, -0.2) is 0 Å². The van der Waals surface area contributed by atoms with Crippen molar-refractivity contribution in [2.24, 2.45) is 0 Å². The number of ether oxygens (including phenoxy) is 1. The third kappa shape index (κ3) is 4.16. The summed E-state index contributed by atoms with van der Waals surface area (Å²) >= 11 is 0. The van der Waals surface area contributed by atoms with E-state index >= 15 is 0 Å². The molecule has 1 aromatic heterocycles. The lowest BCUT2D eigenvalue weighted by Crippen LogP contribution is -2.36. The average molecular weight is 373 g/mol. The monoisotopic (exact) mass is 373 g/mol. The molecule has 0 unspecified atom stereocenters. The topological polar surface area (TPSA) is 99.0 Å². The van der Waals surface area contributed by atoms with Crippen LogP contribution in [0.3, 0.4) is 0 Å². The molecule has 0 aliphatic carbocycles. The molecule has 1 aliphatic rings. The Bertz CT molecular complexity index is 996. The number of para-hydroxylation sites is 2. The molecule has 0 spiro atoms. The van der Waals surface area contributed by atoms with Crippen LogP contribution in [0, 0.1) is 11.3 Å². The van der Waals surface area contributed by atoms with Crippen molar-refractivity contribution >= 4 is 28.8 Å². The van der Waals surface area contributed by atoms with Crippen molar-refractivity contribution in [2.75, 3.05) is 41.8 Å². The minimum atomic E-state index is 0.391. The first-order valence-corrected chi connectivity index (χ1v) is 8.97. The van der Waals surface area contributed by atoms with Gasteiger partial charge in [-0.05, 0) is 30.3 Å². The van der Waals surface area contributed by atoms with Crippen molar-refractivity contribution in [1.82, 2.24) is 15.2 Å². The van der Waals surface area contributed by atoms with E-state index in [4.69, 9.17) is 10.00 Å². The van der Waals surface area contributed by atoms with E-state index in [0.717, 1.165) is 30.2 Å². The van der Waals surface area contributed by atoms with Crippen LogP contribution in [0.25, 0.3) is 0 Å². The van der Waals surface area contributed by atoms with E-state index in [2.05, 4.69) is 42.9 Å². The number of hydrogen-bond acceptors (Lipinski definition) is 8. The first-order valence-electron chi connectivity index (χ1n) is 8.97. The first kappa shape index (κ1) is 17.7. The smallest absolute Gasteiger partial charge is 0.249 e.